The van der Waals surface area contributed by atoms with E-state index in [0.717, 1.165) is 36.8 Å². The van der Waals surface area contributed by atoms with Crippen molar-refractivity contribution >= 4 is 24.1 Å². The molecule has 0 saturated heterocycles. The molecule has 1 aromatic rings. The van der Waals surface area contributed by atoms with E-state index in [4.69, 9.17) is 8.74 Å². The lowest BCUT2D eigenvalue weighted by molar-refractivity contribution is 0.197. The minimum Gasteiger partial charge on any atom is -0.418 e. The van der Waals surface area contributed by atoms with Gasteiger partial charge in [0.15, 0.2) is 0 Å². The normalized spacial score (nSPS) is 22.5. The highest BCUT2D eigenvalue weighted by Gasteiger charge is 2.36. The van der Waals surface area contributed by atoms with Crippen molar-refractivity contribution in [1.29, 1.82) is 0 Å². The molecule has 0 unspecified atom stereocenters. The monoisotopic (exact) mass is 470 g/mol. The Balaban J connectivity index is 1.75. The van der Waals surface area contributed by atoms with Gasteiger partial charge in [-0.05, 0) is 73.0 Å². The molecular formula is C25H36F2O2S2. The third kappa shape index (κ3) is 6.11. The zero-order chi connectivity index (χ0) is 21.7. The molecule has 1 N–H and O–H groups in total. The minimum absolute atomic E-state index is 0.109. The van der Waals surface area contributed by atoms with Crippen LogP contribution in [0.2, 0.25) is 0 Å². The second kappa shape index (κ2) is 11.1. The fraction of sp³-hybridized carbons (Fsp3) is 0.760. The standard InChI is InChI=1S/C25H36F2O2S2/c26-25(27,30-28)31-29-24-22(19-12-6-2-7-13-19)16-21(18-10-4-1-5-11-18)17-23(24)20-14-8-3-9-15-20/h16-20,28H,1-15H2. The van der Waals surface area contributed by atoms with E-state index in [0.29, 0.717) is 23.5 Å². The number of hydrogen-bond donors (Lipinski definition) is 1. The highest BCUT2D eigenvalue weighted by atomic mass is 32.2. The largest absolute Gasteiger partial charge is 0.418 e. The van der Waals surface area contributed by atoms with Gasteiger partial charge in [0.1, 0.15) is 17.8 Å². The fourth-order valence-electron chi connectivity index (χ4n) is 6.01. The van der Waals surface area contributed by atoms with Gasteiger partial charge in [0, 0.05) is 0 Å². The minimum atomic E-state index is -3.37. The van der Waals surface area contributed by atoms with Crippen LogP contribution in [0.25, 0.3) is 0 Å². The van der Waals surface area contributed by atoms with Crippen LogP contribution in [0.15, 0.2) is 12.1 Å². The molecule has 3 saturated carbocycles. The molecule has 1 aromatic carbocycles. The van der Waals surface area contributed by atoms with Crippen LogP contribution in [-0.4, -0.2) is 9.14 Å². The summed E-state index contributed by atoms with van der Waals surface area (Å²) >= 11 is -0.331. The lowest BCUT2D eigenvalue weighted by atomic mass is 9.75. The van der Waals surface area contributed by atoms with Crippen LogP contribution in [0.4, 0.5) is 8.78 Å². The SMILES string of the molecule is OSC(F)(F)SOc1c(C2CCCCC2)cc(C2CCCCC2)cc1C1CCCCC1. The molecule has 3 aliphatic carbocycles. The Hall–Kier alpha value is -0.460. The van der Waals surface area contributed by atoms with Crippen molar-refractivity contribution in [2.45, 2.75) is 119 Å². The van der Waals surface area contributed by atoms with Crippen molar-refractivity contribution in [1.82, 2.24) is 0 Å². The Morgan fingerprint density at radius 3 is 1.55 bits per heavy atom. The first-order valence-corrected chi connectivity index (χ1v) is 13.8. The summed E-state index contributed by atoms with van der Waals surface area (Å²) < 4.78 is 39.3. The summed E-state index contributed by atoms with van der Waals surface area (Å²) in [7, 11) is 0. The molecule has 4 rings (SSSR count). The van der Waals surface area contributed by atoms with Gasteiger partial charge in [-0.2, -0.15) is 8.78 Å². The topological polar surface area (TPSA) is 29.5 Å². The molecule has 3 fully saturated rings. The smallest absolute Gasteiger partial charge is 0.400 e. The summed E-state index contributed by atoms with van der Waals surface area (Å²) in [6.45, 7) is 0. The van der Waals surface area contributed by atoms with Crippen LogP contribution in [-0.2, 0) is 0 Å². The van der Waals surface area contributed by atoms with Crippen molar-refractivity contribution in [2.24, 2.45) is 0 Å². The van der Waals surface area contributed by atoms with E-state index in [1.54, 1.807) is 0 Å². The van der Waals surface area contributed by atoms with E-state index >= 15 is 0 Å². The molecule has 174 valence electrons. The van der Waals surface area contributed by atoms with Gasteiger partial charge in [0.25, 0.3) is 0 Å². The average Bonchev–Trinajstić information content (AvgIpc) is 2.84. The molecule has 0 heterocycles. The van der Waals surface area contributed by atoms with E-state index < -0.39 is 16.6 Å². The first-order valence-electron chi connectivity index (χ1n) is 12.3. The van der Waals surface area contributed by atoms with Gasteiger partial charge in [0.05, 0.1) is 12.0 Å². The van der Waals surface area contributed by atoms with Gasteiger partial charge in [-0.15, -0.1) is 0 Å². The first kappa shape index (κ1) is 23.7. The maximum Gasteiger partial charge on any atom is 0.400 e. The lowest BCUT2D eigenvalue weighted by Gasteiger charge is -2.32. The number of hydrogen-bond acceptors (Lipinski definition) is 4. The van der Waals surface area contributed by atoms with Gasteiger partial charge in [-0.25, -0.2) is 0 Å². The second-order valence-corrected chi connectivity index (χ2v) is 11.6. The summed E-state index contributed by atoms with van der Waals surface area (Å²) in [6.07, 6.45) is 18.2. The van der Waals surface area contributed by atoms with Crippen LogP contribution < -0.4 is 4.18 Å². The highest BCUT2D eigenvalue weighted by Crippen LogP contribution is 2.50. The molecule has 0 aromatic heterocycles. The maximum absolute atomic E-state index is 13.9. The number of alkyl halides is 2. The second-order valence-electron chi connectivity index (χ2n) is 9.75. The molecule has 0 amide bonds. The van der Waals surface area contributed by atoms with Crippen LogP contribution in [0, 0.1) is 0 Å². The predicted octanol–water partition coefficient (Wildman–Crippen LogP) is 9.61. The quantitative estimate of drug-likeness (QED) is 0.317. The van der Waals surface area contributed by atoms with Gasteiger partial charge in [-0.1, -0.05) is 69.9 Å². The Bertz CT molecular complexity index is 670. The third-order valence-corrected chi connectivity index (χ3v) is 8.75. The average molecular weight is 471 g/mol. The van der Waals surface area contributed by atoms with Crippen LogP contribution in [0.3, 0.4) is 0 Å². The Morgan fingerprint density at radius 2 is 1.13 bits per heavy atom. The van der Waals surface area contributed by atoms with Gasteiger partial charge in [0.2, 0.25) is 0 Å². The number of benzene rings is 1. The van der Waals surface area contributed by atoms with Gasteiger partial charge >= 0.3 is 4.59 Å². The van der Waals surface area contributed by atoms with Gasteiger partial charge in [-0.3, -0.25) is 0 Å². The Labute approximate surface area is 194 Å². The van der Waals surface area contributed by atoms with Crippen LogP contribution in [0.1, 0.15) is 131 Å². The third-order valence-electron chi connectivity index (χ3n) is 7.66. The zero-order valence-electron chi connectivity index (χ0n) is 18.4. The highest BCUT2D eigenvalue weighted by molar-refractivity contribution is 8.13. The summed E-state index contributed by atoms with van der Waals surface area (Å²) in [4.78, 5) is 0. The molecule has 0 atom stereocenters. The molecule has 0 aliphatic heterocycles. The molecule has 0 radical (unpaired) electrons. The van der Waals surface area contributed by atoms with E-state index in [1.807, 2.05) is 0 Å². The summed E-state index contributed by atoms with van der Waals surface area (Å²) in [5, 5.41) is 0. The van der Waals surface area contributed by atoms with E-state index in [1.165, 1.54) is 76.2 Å². The lowest BCUT2D eigenvalue weighted by Crippen LogP contribution is -2.15. The molecule has 2 nitrogen and oxygen atoms in total. The van der Waals surface area contributed by atoms with Crippen molar-refractivity contribution in [3.05, 3.63) is 28.8 Å². The Kier molecular flexibility index (Phi) is 8.49. The molecule has 3 aliphatic rings. The molecule has 6 heteroatoms. The zero-order valence-corrected chi connectivity index (χ0v) is 20.1. The van der Waals surface area contributed by atoms with Crippen molar-refractivity contribution in [3.8, 4) is 5.75 Å². The first-order chi connectivity index (χ1) is 15.1. The molecular weight excluding hydrogens is 434 g/mol. The molecule has 31 heavy (non-hydrogen) atoms. The predicted molar refractivity (Wildman–Crippen MR) is 127 cm³/mol. The van der Waals surface area contributed by atoms with Crippen molar-refractivity contribution < 1.29 is 17.5 Å². The maximum atomic E-state index is 13.9. The number of rotatable bonds is 7. The summed E-state index contributed by atoms with van der Waals surface area (Å²) in [5.74, 6) is 2.07. The molecule has 0 bridgehead atoms. The summed E-state index contributed by atoms with van der Waals surface area (Å²) in [6, 6.07) is 4.64. The fourth-order valence-corrected chi connectivity index (χ4v) is 6.60. The Morgan fingerprint density at radius 1 is 0.710 bits per heavy atom. The molecule has 0 spiro atoms. The number of halogens is 2. The van der Waals surface area contributed by atoms with Crippen molar-refractivity contribution in [2.75, 3.05) is 0 Å². The van der Waals surface area contributed by atoms with Crippen molar-refractivity contribution in [3.63, 3.8) is 0 Å². The van der Waals surface area contributed by atoms with Gasteiger partial charge < -0.3 is 8.74 Å². The van der Waals surface area contributed by atoms with Crippen LogP contribution in [0.5, 0.6) is 5.75 Å². The summed E-state index contributed by atoms with van der Waals surface area (Å²) in [5.41, 5.74) is 3.74. The van der Waals surface area contributed by atoms with E-state index in [2.05, 4.69) is 12.1 Å². The van der Waals surface area contributed by atoms with E-state index in [-0.39, 0.29) is 12.0 Å². The van der Waals surface area contributed by atoms with E-state index in [9.17, 15) is 8.78 Å². The van der Waals surface area contributed by atoms with Crippen LogP contribution >= 0.6 is 24.1 Å².